The van der Waals surface area contributed by atoms with Crippen molar-refractivity contribution in [3.63, 3.8) is 0 Å². The van der Waals surface area contributed by atoms with Gasteiger partial charge in [0.15, 0.2) is 0 Å². The Morgan fingerprint density at radius 2 is 1.95 bits per heavy atom. The van der Waals surface area contributed by atoms with Gasteiger partial charge in [0.2, 0.25) is 5.91 Å². The second-order valence-electron chi connectivity index (χ2n) is 9.44. The van der Waals surface area contributed by atoms with Gasteiger partial charge in [-0.1, -0.05) is 17.7 Å². The summed E-state index contributed by atoms with van der Waals surface area (Å²) < 4.78 is 19.6. The molecular formula is C29H27ClFN3O4. The minimum absolute atomic E-state index is 0.220. The number of fused-ring (bicyclic) bond motifs is 2. The third-order valence-corrected chi connectivity index (χ3v) is 7.13. The molecule has 9 heteroatoms. The van der Waals surface area contributed by atoms with E-state index in [1.54, 1.807) is 36.5 Å². The number of aliphatic hydroxyl groups excluding tert-OH is 1. The van der Waals surface area contributed by atoms with Gasteiger partial charge in [-0.15, -0.1) is 0 Å². The van der Waals surface area contributed by atoms with Crippen LogP contribution in [0.3, 0.4) is 0 Å². The molecule has 0 saturated carbocycles. The molecule has 5 N–H and O–H groups in total. The van der Waals surface area contributed by atoms with E-state index in [9.17, 15) is 19.1 Å². The number of nitrogens with two attached hydrogens (primary N) is 1. The third kappa shape index (κ3) is 5.23. The molecule has 1 aliphatic rings. The van der Waals surface area contributed by atoms with E-state index in [1.807, 2.05) is 6.07 Å². The maximum absolute atomic E-state index is 13.6. The standard InChI is InChI=1S/C29H27ClFN3O4/c30-25-12-16(4-6-23(25)28(32)36)18-9-17-3-1-2-8-38-27(17)24(11-18)29(37)34-21(15-35)10-19-14-33-26-13-20(31)5-7-22(19)26/h4-7,9,11-14,21,33,35H,1-3,8,10,15H2,(H2,32,36)(H,34,37)/t21-/m1/s1. The second kappa shape index (κ2) is 10.8. The quantitative estimate of drug-likeness (QED) is 0.272. The molecule has 3 aromatic carbocycles. The monoisotopic (exact) mass is 535 g/mol. The van der Waals surface area contributed by atoms with E-state index < -0.39 is 11.9 Å². The normalized spacial score (nSPS) is 13.9. The summed E-state index contributed by atoms with van der Waals surface area (Å²) in [4.78, 5) is 28.2. The molecule has 1 aliphatic heterocycles. The van der Waals surface area contributed by atoms with Crippen molar-refractivity contribution in [3.8, 4) is 16.9 Å². The fourth-order valence-corrected chi connectivity index (χ4v) is 5.16. The lowest BCUT2D eigenvalue weighted by atomic mass is 9.95. The van der Waals surface area contributed by atoms with Crippen LogP contribution < -0.4 is 15.8 Å². The number of hydrogen-bond donors (Lipinski definition) is 4. The van der Waals surface area contributed by atoms with E-state index in [1.165, 1.54) is 12.1 Å². The summed E-state index contributed by atoms with van der Waals surface area (Å²) in [5.41, 5.74) is 9.84. The summed E-state index contributed by atoms with van der Waals surface area (Å²) in [5, 5.41) is 14.1. The highest BCUT2D eigenvalue weighted by Gasteiger charge is 2.23. The third-order valence-electron chi connectivity index (χ3n) is 6.82. The topological polar surface area (TPSA) is 117 Å². The number of halogens is 2. The summed E-state index contributed by atoms with van der Waals surface area (Å²) in [5.74, 6) is -0.811. The average molecular weight is 536 g/mol. The van der Waals surface area contributed by atoms with Gasteiger partial charge in [0.1, 0.15) is 11.6 Å². The number of ether oxygens (including phenoxy) is 1. The highest BCUT2D eigenvalue weighted by molar-refractivity contribution is 6.34. The Balaban J connectivity index is 1.46. The number of aromatic amines is 1. The molecule has 5 rings (SSSR count). The maximum atomic E-state index is 13.6. The fourth-order valence-electron chi connectivity index (χ4n) is 4.88. The van der Waals surface area contributed by atoms with Gasteiger partial charge >= 0.3 is 0 Å². The van der Waals surface area contributed by atoms with Crippen LogP contribution in [0.5, 0.6) is 5.75 Å². The molecule has 0 fully saturated rings. The molecule has 2 amide bonds. The van der Waals surface area contributed by atoms with Crippen LogP contribution in [0.15, 0.2) is 54.7 Å². The Hall–Kier alpha value is -3.88. The maximum Gasteiger partial charge on any atom is 0.255 e. The van der Waals surface area contributed by atoms with Crippen LogP contribution in [0.2, 0.25) is 5.02 Å². The molecule has 0 bridgehead atoms. The first kappa shape index (κ1) is 25.8. The Morgan fingerprint density at radius 1 is 1.11 bits per heavy atom. The van der Waals surface area contributed by atoms with Gasteiger partial charge in [0.05, 0.1) is 35.4 Å². The number of amides is 2. The molecule has 0 aliphatic carbocycles. The molecule has 0 spiro atoms. The summed E-state index contributed by atoms with van der Waals surface area (Å²) in [7, 11) is 0. The number of rotatable bonds is 7. The minimum atomic E-state index is -0.618. The van der Waals surface area contributed by atoms with Crippen molar-refractivity contribution in [1.82, 2.24) is 10.3 Å². The van der Waals surface area contributed by atoms with Gasteiger partial charge in [-0.05, 0) is 90.4 Å². The first-order valence-corrected chi connectivity index (χ1v) is 12.8. The van der Waals surface area contributed by atoms with E-state index in [0.29, 0.717) is 29.9 Å². The van der Waals surface area contributed by atoms with Crippen molar-refractivity contribution in [3.05, 3.63) is 87.8 Å². The van der Waals surface area contributed by atoms with Gasteiger partial charge in [0, 0.05) is 17.1 Å². The van der Waals surface area contributed by atoms with Crippen molar-refractivity contribution in [2.75, 3.05) is 13.2 Å². The fraction of sp³-hybridized carbons (Fsp3) is 0.241. The van der Waals surface area contributed by atoms with Crippen LogP contribution in [-0.4, -0.2) is 41.2 Å². The van der Waals surface area contributed by atoms with Crippen LogP contribution >= 0.6 is 11.6 Å². The minimum Gasteiger partial charge on any atom is -0.492 e. The highest BCUT2D eigenvalue weighted by atomic mass is 35.5. The molecule has 38 heavy (non-hydrogen) atoms. The molecule has 2 heterocycles. The molecule has 1 atom stereocenters. The molecule has 0 radical (unpaired) electrons. The number of nitrogens with one attached hydrogen (secondary N) is 2. The van der Waals surface area contributed by atoms with Crippen LogP contribution in [0, 0.1) is 5.82 Å². The molecule has 7 nitrogen and oxygen atoms in total. The van der Waals surface area contributed by atoms with Gasteiger partial charge in [0.25, 0.3) is 5.91 Å². The second-order valence-corrected chi connectivity index (χ2v) is 9.84. The predicted octanol–water partition coefficient (Wildman–Crippen LogP) is 4.77. The first-order valence-electron chi connectivity index (χ1n) is 12.4. The number of aliphatic hydroxyl groups is 1. The lowest BCUT2D eigenvalue weighted by Crippen LogP contribution is -2.39. The molecule has 4 aromatic rings. The van der Waals surface area contributed by atoms with Crippen LogP contribution in [-0.2, 0) is 12.8 Å². The zero-order valence-electron chi connectivity index (χ0n) is 20.5. The van der Waals surface area contributed by atoms with Crippen molar-refractivity contribution < 1.29 is 23.8 Å². The lowest BCUT2D eigenvalue weighted by molar-refractivity contribution is 0.0911. The van der Waals surface area contributed by atoms with Crippen LogP contribution in [0.25, 0.3) is 22.0 Å². The van der Waals surface area contributed by atoms with Crippen molar-refractivity contribution in [1.29, 1.82) is 0 Å². The largest absolute Gasteiger partial charge is 0.492 e. The van der Waals surface area contributed by atoms with Crippen LogP contribution in [0.4, 0.5) is 4.39 Å². The number of aryl methyl sites for hydroxylation is 1. The summed E-state index contributed by atoms with van der Waals surface area (Å²) in [6.45, 7) is 0.216. The lowest BCUT2D eigenvalue weighted by Gasteiger charge is -2.20. The molecular weight excluding hydrogens is 509 g/mol. The zero-order chi connectivity index (χ0) is 26.8. The van der Waals surface area contributed by atoms with E-state index in [0.717, 1.165) is 46.9 Å². The average Bonchev–Trinajstić information content (AvgIpc) is 3.12. The number of primary amides is 1. The highest BCUT2D eigenvalue weighted by Crippen LogP contribution is 2.35. The van der Waals surface area contributed by atoms with E-state index in [2.05, 4.69) is 10.3 Å². The van der Waals surface area contributed by atoms with Gasteiger partial charge in [-0.25, -0.2) is 4.39 Å². The zero-order valence-corrected chi connectivity index (χ0v) is 21.3. The molecule has 196 valence electrons. The molecule has 0 saturated heterocycles. The summed E-state index contributed by atoms with van der Waals surface area (Å²) >= 11 is 6.30. The smallest absolute Gasteiger partial charge is 0.255 e. The van der Waals surface area contributed by atoms with Crippen molar-refractivity contribution in [2.45, 2.75) is 31.7 Å². The number of hydrogen-bond acceptors (Lipinski definition) is 4. The number of H-pyrrole nitrogens is 1. The summed E-state index contributed by atoms with van der Waals surface area (Å²) in [6.07, 6.45) is 4.63. The predicted molar refractivity (Wildman–Crippen MR) is 144 cm³/mol. The number of benzene rings is 3. The number of carbonyl (C=O) groups excluding carboxylic acids is 2. The first-order chi connectivity index (χ1) is 18.3. The van der Waals surface area contributed by atoms with Gasteiger partial charge in [-0.3, -0.25) is 9.59 Å². The number of aromatic nitrogens is 1. The number of carbonyl (C=O) groups is 2. The van der Waals surface area contributed by atoms with E-state index >= 15 is 0 Å². The Labute approximate surface area is 223 Å². The van der Waals surface area contributed by atoms with Gasteiger partial charge < -0.3 is 25.9 Å². The Morgan fingerprint density at radius 3 is 2.71 bits per heavy atom. The molecule has 0 unspecified atom stereocenters. The van der Waals surface area contributed by atoms with Crippen LogP contribution in [0.1, 0.15) is 44.7 Å². The molecule has 1 aromatic heterocycles. The Kier molecular flexibility index (Phi) is 7.35. The SMILES string of the molecule is NC(=O)c1ccc(-c2cc3c(c(C(=O)N[C@@H](CO)Cc4c[nH]c5cc(F)ccc45)c2)OCCCC3)cc1Cl. The van der Waals surface area contributed by atoms with Gasteiger partial charge in [-0.2, -0.15) is 0 Å². The Bertz CT molecular complexity index is 1530. The van der Waals surface area contributed by atoms with E-state index in [-0.39, 0.29) is 28.9 Å². The van der Waals surface area contributed by atoms with Crippen molar-refractivity contribution >= 4 is 34.3 Å². The summed E-state index contributed by atoms with van der Waals surface area (Å²) in [6, 6.07) is 12.6. The van der Waals surface area contributed by atoms with E-state index in [4.69, 9.17) is 22.1 Å². The van der Waals surface area contributed by atoms with Crippen molar-refractivity contribution in [2.24, 2.45) is 5.73 Å².